The van der Waals surface area contributed by atoms with Gasteiger partial charge in [-0.25, -0.2) is 0 Å². The normalized spacial score (nSPS) is 44.9. The van der Waals surface area contributed by atoms with Gasteiger partial charge in [0.2, 0.25) is 0 Å². The number of rotatable bonds is 3. The van der Waals surface area contributed by atoms with Gasteiger partial charge < -0.3 is 4.90 Å². The number of fused-ring (bicyclic) bond motifs is 5. The van der Waals surface area contributed by atoms with E-state index in [1.807, 2.05) is 0 Å². The quantitative estimate of drug-likeness (QED) is 0.620. The minimum atomic E-state index is 0.955. The van der Waals surface area contributed by atoms with Crippen LogP contribution in [0, 0.1) is 23.7 Å². The lowest BCUT2D eigenvalue weighted by Crippen LogP contribution is -2.24. The van der Waals surface area contributed by atoms with E-state index in [0.29, 0.717) is 0 Å². The van der Waals surface area contributed by atoms with Crippen molar-refractivity contribution in [2.75, 3.05) is 19.6 Å². The van der Waals surface area contributed by atoms with Crippen molar-refractivity contribution in [3.8, 4) is 0 Å². The first-order valence-electron chi connectivity index (χ1n) is 6.29. The molecule has 3 aliphatic rings. The molecule has 4 atom stereocenters. The molecule has 3 rings (SSSR count). The summed E-state index contributed by atoms with van der Waals surface area (Å²) in [7, 11) is 0. The largest absolute Gasteiger partial charge is 0.303 e. The highest BCUT2D eigenvalue weighted by atomic mass is 15.2. The summed E-state index contributed by atoms with van der Waals surface area (Å²) < 4.78 is 0. The maximum absolute atomic E-state index is 2.71. The fourth-order valence-electron chi connectivity index (χ4n) is 3.80. The number of unbranched alkanes of at least 4 members (excludes halogenated alkanes) is 1. The van der Waals surface area contributed by atoms with E-state index >= 15 is 0 Å². The fourth-order valence-corrected chi connectivity index (χ4v) is 3.80. The highest BCUT2D eigenvalue weighted by Crippen LogP contribution is 2.51. The Balaban J connectivity index is 1.62. The molecule has 0 spiro atoms. The smallest absolute Gasteiger partial charge is 0.00188 e. The minimum absolute atomic E-state index is 0.955. The monoisotopic (exact) mass is 191 g/mol. The van der Waals surface area contributed by atoms with Crippen LogP contribution in [-0.4, -0.2) is 24.5 Å². The van der Waals surface area contributed by atoms with Gasteiger partial charge in [-0.05, 0) is 43.1 Å². The molecule has 1 nitrogen and oxygen atoms in total. The van der Waals surface area contributed by atoms with Crippen molar-refractivity contribution in [1.29, 1.82) is 0 Å². The molecule has 78 valence electrons. The van der Waals surface area contributed by atoms with Gasteiger partial charge in [0.25, 0.3) is 0 Å². The van der Waals surface area contributed by atoms with E-state index in [1.165, 1.54) is 38.9 Å². The zero-order chi connectivity index (χ0) is 9.54. The molecule has 1 aliphatic heterocycles. The second-order valence-corrected chi connectivity index (χ2v) is 5.39. The van der Waals surface area contributed by atoms with Crippen molar-refractivity contribution in [3.05, 3.63) is 12.2 Å². The van der Waals surface area contributed by atoms with Crippen LogP contribution in [0.1, 0.15) is 26.2 Å². The van der Waals surface area contributed by atoms with Crippen LogP contribution in [-0.2, 0) is 0 Å². The molecule has 1 saturated carbocycles. The molecule has 2 bridgehead atoms. The van der Waals surface area contributed by atoms with E-state index < -0.39 is 0 Å². The van der Waals surface area contributed by atoms with Crippen LogP contribution in [0.3, 0.4) is 0 Å². The van der Waals surface area contributed by atoms with Crippen LogP contribution in [0.4, 0.5) is 0 Å². The molecule has 0 N–H and O–H groups in total. The van der Waals surface area contributed by atoms with Crippen LogP contribution < -0.4 is 0 Å². The Morgan fingerprint density at radius 3 is 2.36 bits per heavy atom. The minimum Gasteiger partial charge on any atom is -0.303 e. The molecule has 0 aromatic rings. The first-order valence-corrected chi connectivity index (χ1v) is 6.29. The van der Waals surface area contributed by atoms with Crippen LogP contribution in [0.2, 0.25) is 0 Å². The van der Waals surface area contributed by atoms with E-state index in [2.05, 4.69) is 24.0 Å². The summed E-state index contributed by atoms with van der Waals surface area (Å²) >= 11 is 0. The number of likely N-dealkylation sites (tertiary alicyclic amines) is 1. The molecule has 0 aromatic heterocycles. The Morgan fingerprint density at radius 2 is 1.79 bits per heavy atom. The molecule has 2 aliphatic carbocycles. The van der Waals surface area contributed by atoms with Gasteiger partial charge in [0.15, 0.2) is 0 Å². The summed E-state index contributed by atoms with van der Waals surface area (Å²) in [6.07, 6.45) is 9.21. The van der Waals surface area contributed by atoms with Gasteiger partial charge in [0.1, 0.15) is 0 Å². The molecule has 0 aromatic carbocycles. The van der Waals surface area contributed by atoms with E-state index in [4.69, 9.17) is 0 Å². The molecule has 1 heterocycles. The SMILES string of the molecule is CCCCN1C[C@@H]2[C@H](C1)[C@H]1C=C[C@H]2C1. The summed E-state index contributed by atoms with van der Waals surface area (Å²) in [6, 6.07) is 0. The number of hydrogen-bond donors (Lipinski definition) is 0. The molecular formula is C13H21N. The number of hydrogen-bond acceptors (Lipinski definition) is 1. The van der Waals surface area contributed by atoms with Crippen molar-refractivity contribution >= 4 is 0 Å². The van der Waals surface area contributed by atoms with Crippen LogP contribution in [0.25, 0.3) is 0 Å². The fraction of sp³-hybridized carbons (Fsp3) is 0.846. The predicted octanol–water partition coefficient (Wildman–Crippen LogP) is 2.54. The van der Waals surface area contributed by atoms with Crippen molar-refractivity contribution < 1.29 is 0 Å². The van der Waals surface area contributed by atoms with Crippen molar-refractivity contribution in [1.82, 2.24) is 4.90 Å². The van der Waals surface area contributed by atoms with Crippen molar-refractivity contribution in [2.24, 2.45) is 23.7 Å². The lowest BCUT2D eigenvalue weighted by Gasteiger charge is -2.17. The van der Waals surface area contributed by atoms with Crippen molar-refractivity contribution in [3.63, 3.8) is 0 Å². The van der Waals surface area contributed by atoms with Gasteiger partial charge in [-0.3, -0.25) is 0 Å². The maximum atomic E-state index is 2.71. The van der Waals surface area contributed by atoms with E-state index in [9.17, 15) is 0 Å². The Labute approximate surface area is 87.2 Å². The second kappa shape index (κ2) is 3.37. The number of nitrogens with zero attached hydrogens (tertiary/aromatic N) is 1. The Kier molecular flexibility index (Phi) is 2.16. The third kappa shape index (κ3) is 1.25. The average Bonchev–Trinajstić information content (AvgIpc) is 2.85. The van der Waals surface area contributed by atoms with Crippen LogP contribution >= 0.6 is 0 Å². The Hall–Kier alpha value is -0.300. The lowest BCUT2D eigenvalue weighted by atomic mass is 9.86. The summed E-state index contributed by atoms with van der Waals surface area (Å²) in [4.78, 5) is 2.71. The van der Waals surface area contributed by atoms with Gasteiger partial charge in [0, 0.05) is 13.1 Å². The zero-order valence-corrected chi connectivity index (χ0v) is 9.15. The summed E-state index contributed by atoms with van der Waals surface area (Å²) in [5, 5.41) is 0. The van der Waals surface area contributed by atoms with Crippen molar-refractivity contribution in [2.45, 2.75) is 26.2 Å². The molecule has 0 radical (unpaired) electrons. The predicted molar refractivity (Wildman–Crippen MR) is 59.1 cm³/mol. The van der Waals surface area contributed by atoms with Crippen LogP contribution in [0.5, 0.6) is 0 Å². The third-order valence-corrected chi connectivity index (χ3v) is 4.57. The lowest BCUT2D eigenvalue weighted by molar-refractivity contribution is 0.294. The highest BCUT2D eigenvalue weighted by Gasteiger charge is 2.48. The second-order valence-electron chi connectivity index (χ2n) is 5.39. The first-order chi connectivity index (χ1) is 6.88. The van der Waals surface area contributed by atoms with E-state index in [0.717, 1.165) is 23.7 Å². The van der Waals surface area contributed by atoms with Gasteiger partial charge >= 0.3 is 0 Å². The Morgan fingerprint density at radius 1 is 1.14 bits per heavy atom. The Bertz CT molecular complexity index is 226. The summed E-state index contributed by atoms with van der Waals surface area (Å²) in [5.74, 6) is 3.97. The number of allylic oxidation sites excluding steroid dienone is 2. The topological polar surface area (TPSA) is 3.24 Å². The zero-order valence-electron chi connectivity index (χ0n) is 9.15. The van der Waals surface area contributed by atoms with Gasteiger partial charge in [-0.2, -0.15) is 0 Å². The maximum Gasteiger partial charge on any atom is 0.00188 e. The van der Waals surface area contributed by atoms with Gasteiger partial charge in [-0.15, -0.1) is 0 Å². The average molecular weight is 191 g/mol. The molecule has 0 unspecified atom stereocenters. The molecule has 14 heavy (non-hydrogen) atoms. The molecule has 0 amide bonds. The highest BCUT2D eigenvalue weighted by molar-refractivity contribution is 5.16. The van der Waals surface area contributed by atoms with Crippen LogP contribution in [0.15, 0.2) is 12.2 Å². The molecule has 1 heteroatoms. The van der Waals surface area contributed by atoms with Gasteiger partial charge in [0.05, 0.1) is 0 Å². The molecule has 2 fully saturated rings. The first kappa shape index (κ1) is 8.96. The third-order valence-electron chi connectivity index (χ3n) is 4.57. The van der Waals surface area contributed by atoms with E-state index in [-0.39, 0.29) is 0 Å². The standard InChI is InChI=1S/C13H21N/c1-2-3-6-14-8-12-10-4-5-11(7-10)13(12)9-14/h4-5,10-13H,2-3,6-9H2,1H3/t10-,11-,12-,13+/m0/s1. The van der Waals surface area contributed by atoms with E-state index in [1.54, 1.807) is 0 Å². The summed E-state index contributed by atoms with van der Waals surface area (Å²) in [6.45, 7) is 6.44. The summed E-state index contributed by atoms with van der Waals surface area (Å²) in [5.41, 5.74) is 0. The van der Waals surface area contributed by atoms with Gasteiger partial charge in [-0.1, -0.05) is 25.5 Å². The molecule has 1 saturated heterocycles. The molecular weight excluding hydrogens is 170 g/mol.